The summed E-state index contributed by atoms with van der Waals surface area (Å²) >= 11 is 0. The monoisotopic (exact) mass is 237 g/mol. The first-order chi connectivity index (χ1) is 8.24. The topological polar surface area (TPSA) is 56.8 Å². The number of hydrogen-bond acceptors (Lipinski definition) is 4. The molecule has 1 N–H and O–H groups in total. The number of morpholine rings is 1. The number of nitrogens with one attached hydrogen (secondary N) is 1. The largest absolute Gasteiger partial charge is 0.497 e. The normalized spacial score (nSPS) is 19.6. The Kier molecular flexibility index (Phi) is 3.49. The van der Waals surface area contributed by atoms with Gasteiger partial charge in [0.2, 0.25) is 5.91 Å². The summed E-state index contributed by atoms with van der Waals surface area (Å²) in [4.78, 5) is 11.0. The summed E-state index contributed by atoms with van der Waals surface area (Å²) in [5.74, 6) is 1.37. The SMILES string of the molecule is COc1ccc(OC)c([C@H]2CNC(=O)CO2)c1. The summed E-state index contributed by atoms with van der Waals surface area (Å²) in [6, 6.07) is 5.51. The van der Waals surface area contributed by atoms with E-state index in [1.54, 1.807) is 14.2 Å². The van der Waals surface area contributed by atoms with Gasteiger partial charge in [0.25, 0.3) is 0 Å². The van der Waals surface area contributed by atoms with E-state index < -0.39 is 0 Å². The number of methoxy groups -OCH3 is 2. The highest BCUT2D eigenvalue weighted by Crippen LogP contribution is 2.31. The lowest BCUT2D eigenvalue weighted by Gasteiger charge is -2.25. The van der Waals surface area contributed by atoms with Crippen molar-refractivity contribution in [3.05, 3.63) is 23.8 Å². The van der Waals surface area contributed by atoms with E-state index in [0.29, 0.717) is 6.54 Å². The van der Waals surface area contributed by atoms with E-state index in [0.717, 1.165) is 17.1 Å². The van der Waals surface area contributed by atoms with Crippen molar-refractivity contribution in [1.82, 2.24) is 5.32 Å². The molecule has 0 saturated carbocycles. The molecule has 0 aromatic heterocycles. The van der Waals surface area contributed by atoms with E-state index in [9.17, 15) is 4.79 Å². The zero-order chi connectivity index (χ0) is 12.3. The van der Waals surface area contributed by atoms with Crippen LogP contribution in [0.1, 0.15) is 11.7 Å². The van der Waals surface area contributed by atoms with Crippen LogP contribution in [-0.4, -0.2) is 33.3 Å². The van der Waals surface area contributed by atoms with Gasteiger partial charge in [0.05, 0.1) is 14.2 Å². The zero-order valence-electron chi connectivity index (χ0n) is 9.86. The van der Waals surface area contributed by atoms with E-state index >= 15 is 0 Å². The minimum absolute atomic E-state index is 0.0744. The molecule has 1 amide bonds. The Balaban J connectivity index is 2.25. The Morgan fingerprint density at radius 1 is 1.35 bits per heavy atom. The molecule has 1 aliphatic rings. The van der Waals surface area contributed by atoms with E-state index in [4.69, 9.17) is 14.2 Å². The number of ether oxygens (including phenoxy) is 3. The van der Waals surface area contributed by atoms with Gasteiger partial charge in [-0.05, 0) is 18.2 Å². The fraction of sp³-hybridized carbons (Fsp3) is 0.417. The van der Waals surface area contributed by atoms with Gasteiger partial charge in [-0.25, -0.2) is 0 Å². The van der Waals surface area contributed by atoms with E-state index in [2.05, 4.69) is 5.32 Å². The molecule has 5 heteroatoms. The van der Waals surface area contributed by atoms with Crippen LogP contribution >= 0.6 is 0 Å². The lowest BCUT2D eigenvalue weighted by molar-refractivity contribution is -0.133. The first-order valence-corrected chi connectivity index (χ1v) is 5.35. The number of rotatable bonds is 3. The molecule has 1 heterocycles. The molecule has 1 fully saturated rings. The van der Waals surface area contributed by atoms with Gasteiger partial charge in [-0.15, -0.1) is 0 Å². The number of benzene rings is 1. The molecule has 0 unspecified atom stereocenters. The number of carbonyl (C=O) groups excluding carboxylic acids is 1. The number of hydrogen-bond donors (Lipinski definition) is 1. The summed E-state index contributed by atoms with van der Waals surface area (Å²) in [6.07, 6.45) is -0.197. The molecule has 2 rings (SSSR count). The summed E-state index contributed by atoms with van der Waals surface area (Å²) in [6.45, 7) is 0.521. The maximum atomic E-state index is 11.0. The minimum Gasteiger partial charge on any atom is -0.497 e. The molecule has 1 saturated heterocycles. The smallest absolute Gasteiger partial charge is 0.246 e. The van der Waals surface area contributed by atoms with Crippen molar-refractivity contribution in [3.8, 4) is 11.5 Å². The van der Waals surface area contributed by atoms with Crippen LogP contribution in [0.25, 0.3) is 0 Å². The zero-order valence-corrected chi connectivity index (χ0v) is 9.86. The third-order valence-corrected chi connectivity index (χ3v) is 2.68. The Bertz CT molecular complexity index is 409. The van der Waals surface area contributed by atoms with Gasteiger partial charge in [0.1, 0.15) is 24.2 Å². The van der Waals surface area contributed by atoms with Gasteiger partial charge in [-0.3, -0.25) is 4.79 Å². The molecule has 1 atom stereocenters. The van der Waals surface area contributed by atoms with Gasteiger partial charge in [0.15, 0.2) is 0 Å². The van der Waals surface area contributed by atoms with Crippen LogP contribution in [0.4, 0.5) is 0 Å². The summed E-state index contributed by atoms with van der Waals surface area (Å²) < 4.78 is 15.9. The van der Waals surface area contributed by atoms with Gasteiger partial charge in [-0.2, -0.15) is 0 Å². The fourth-order valence-electron chi connectivity index (χ4n) is 1.78. The maximum absolute atomic E-state index is 11.0. The molecule has 0 spiro atoms. The molecule has 0 bridgehead atoms. The van der Waals surface area contributed by atoms with Gasteiger partial charge in [-0.1, -0.05) is 0 Å². The molecule has 0 aliphatic carbocycles. The van der Waals surface area contributed by atoms with Crippen molar-refractivity contribution in [3.63, 3.8) is 0 Å². The van der Waals surface area contributed by atoms with E-state index in [1.807, 2.05) is 18.2 Å². The summed E-state index contributed by atoms with van der Waals surface area (Å²) in [5, 5.41) is 2.76. The fourth-order valence-corrected chi connectivity index (χ4v) is 1.78. The molecule has 0 radical (unpaired) electrons. The highest BCUT2D eigenvalue weighted by molar-refractivity contribution is 5.77. The standard InChI is InChI=1S/C12H15NO4/c1-15-8-3-4-10(16-2)9(5-8)11-6-13-12(14)7-17-11/h3-5,11H,6-7H2,1-2H3,(H,13,14)/t11-/m1/s1. The predicted octanol–water partition coefficient (Wildman–Crippen LogP) is 0.891. The molecule has 92 valence electrons. The van der Waals surface area contributed by atoms with Crippen LogP contribution in [-0.2, 0) is 9.53 Å². The Labute approximate surface area is 99.7 Å². The quantitative estimate of drug-likeness (QED) is 0.848. The van der Waals surface area contributed by atoms with Crippen LogP contribution in [0.2, 0.25) is 0 Å². The summed E-state index contributed by atoms with van der Waals surface area (Å²) in [5.41, 5.74) is 0.881. The highest BCUT2D eigenvalue weighted by atomic mass is 16.5. The minimum atomic E-state index is -0.197. The lowest BCUT2D eigenvalue weighted by Crippen LogP contribution is -2.38. The van der Waals surface area contributed by atoms with Crippen LogP contribution in [0.15, 0.2) is 18.2 Å². The van der Waals surface area contributed by atoms with Gasteiger partial charge < -0.3 is 19.5 Å². The maximum Gasteiger partial charge on any atom is 0.246 e. The second-order valence-electron chi connectivity index (χ2n) is 3.71. The van der Waals surface area contributed by atoms with Crippen molar-refractivity contribution in [1.29, 1.82) is 0 Å². The first-order valence-electron chi connectivity index (χ1n) is 5.35. The van der Waals surface area contributed by atoms with Crippen molar-refractivity contribution in [2.24, 2.45) is 0 Å². The average Bonchev–Trinajstić information content (AvgIpc) is 2.39. The van der Waals surface area contributed by atoms with Crippen molar-refractivity contribution in [2.45, 2.75) is 6.10 Å². The van der Waals surface area contributed by atoms with Gasteiger partial charge >= 0.3 is 0 Å². The third kappa shape index (κ3) is 2.50. The lowest BCUT2D eigenvalue weighted by atomic mass is 10.1. The Morgan fingerprint density at radius 2 is 2.18 bits per heavy atom. The second kappa shape index (κ2) is 5.05. The predicted molar refractivity (Wildman–Crippen MR) is 61.2 cm³/mol. The molecule has 1 aromatic rings. The van der Waals surface area contributed by atoms with Gasteiger partial charge in [0, 0.05) is 12.1 Å². The number of amides is 1. The molecule has 17 heavy (non-hydrogen) atoms. The summed E-state index contributed by atoms with van der Waals surface area (Å²) in [7, 11) is 3.21. The van der Waals surface area contributed by atoms with Crippen LogP contribution < -0.4 is 14.8 Å². The first kappa shape index (κ1) is 11.7. The van der Waals surface area contributed by atoms with Crippen molar-refractivity contribution in [2.75, 3.05) is 27.4 Å². The molecule has 5 nitrogen and oxygen atoms in total. The second-order valence-corrected chi connectivity index (χ2v) is 3.71. The molecule has 1 aliphatic heterocycles. The highest BCUT2D eigenvalue weighted by Gasteiger charge is 2.23. The molecule has 1 aromatic carbocycles. The van der Waals surface area contributed by atoms with Crippen molar-refractivity contribution >= 4 is 5.91 Å². The van der Waals surface area contributed by atoms with Crippen molar-refractivity contribution < 1.29 is 19.0 Å². The van der Waals surface area contributed by atoms with E-state index in [-0.39, 0.29) is 18.6 Å². The third-order valence-electron chi connectivity index (χ3n) is 2.68. The number of carbonyl (C=O) groups is 1. The Hall–Kier alpha value is -1.75. The average molecular weight is 237 g/mol. The Morgan fingerprint density at radius 3 is 2.76 bits per heavy atom. The van der Waals surface area contributed by atoms with Crippen LogP contribution in [0, 0.1) is 0 Å². The molecular weight excluding hydrogens is 222 g/mol. The molecular formula is C12H15NO4. The van der Waals surface area contributed by atoms with E-state index in [1.165, 1.54) is 0 Å². The van der Waals surface area contributed by atoms with Crippen LogP contribution in [0.5, 0.6) is 11.5 Å². The van der Waals surface area contributed by atoms with Crippen LogP contribution in [0.3, 0.4) is 0 Å².